The van der Waals surface area contributed by atoms with Crippen LogP contribution in [-0.2, 0) is 5.41 Å². The second kappa shape index (κ2) is 5.33. The molecule has 0 aliphatic heterocycles. The molecular weight excluding hydrogens is 272 g/mol. The van der Waals surface area contributed by atoms with Crippen molar-refractivity contribution in [2.75, 3.05) is 5.73 Å². The minimum absolute atomic E-state index is 0.0207. The second-order valence-electron chi connectivity index (χ2n) is 5.91. The Bertz CT molecular complexity index is 613. The summed E-state index contributed by atoms with van der Waals surface area (Å²) in [5.74, 6) is 1.19. The van der Waals surface area contributed by atoms with Crippen LogP contribution in [0.2, 0.25) is 5.15 Å². The lowest BCUT2D eigenvalue weighted by molar-refractivity contribution is 0.440. The number of aryl methyl sites for hydroxylation is 1. The number of anilines is 1. The van der Waals surface area contributed by atoms with Gasteiger partial charge in [-0.15, -0.1) is 0 Å². The molecule has 0 unspecified atom stereocenters. The number of aromatic nitrogens is 1. The van der Waals surface area contributed by atoms with Gasteiger partial charge < -0.3 is 10.5 Å². The van der Waals surface area contributed by atoms with Gasteiger partial charge in [0.25, 0.3) is 0 Å². The van der Waals surface area contributed by atoms with Crippen molar-refractivity contribution >= 4 is 17.3 Å². The molecule has 2 rings (SSSR count). The van der Waals surface area contributed by atoms with E-state index in [-0.39, 0.29) is 5.41 Å². The summed E-state index contributed by atoms with van der Waals surface area (Å²) in [5.41, 5.74) is 8.52. The lowest BCUT2D eigenvalue weighted by Crippen LogP contribution is -2.12. The first-order valence-electron chi connectivity index (χ1n) is 6.48. The Hall–Kier alpha value is -1.74. The van der Waals surface area contributed by atoms with Gasteiger partial charge in [0.15, 0.2) is 0 Å². The van der Waals surface area contributed by atoms with Crippen LogP contribution in [0.3, 0.4) is 0 Å². The number of nitrogens with zero attached hydrogens (tertiary/aromatic N) is 1. The van der Waals surface area contributed by atoms with E-state index in [9.17, 15) is 0 Å². The summed E-state index contributed by atoms with van der Waals surface area (Å²) in [6.45, 7) is 8.46. The molecule has 0 radical (unpaired) electrons. The molecule has 1 heterocycles. The Kier molecular flexibility index (Phi) is 3.91. The summed E-state index contributed by atoms with van der Waals surface area (Å²) in [5, 5.41) is 0.324. The normalized spacial score (nSPS) is 11.4. The lowest BCUT2D eigenvalue weighted by Gasteiger charge is -2.23. The van der Waals surface area contributed by atoms with Gasteiger partial charge in [-0.25, -0.2) is 4.98 Å². The molecule has 0 aliphatic carbocycles. The van der Waals surface area contributed by atoms with Gasteiger partial charge in [-0.05, 0) is 30.0 Å². The Morgan fingerprint density at radius 1 is 1.15 bits per heavy atom. The fourth-order valence-corrected chi connectivity index (χ4v) is 2.20. The van der Waals surface area contributed by atoms with Gasteiger partial charge in [-0.1, -0.05) is 44.5 Å². The molecule has 0 atom stereocenters. The molecule has 1 aromatic heterocycles. The molecule has 3 nitrogen and oxygen atoms in total. The molecule has 20 heavy (non-hydrogen) atoms. The van der Waals surface area contributed by atoms with Crippen molar-refractivity contribution < 1.29 is 4.74 Å². The van der Waals surface area contributed by atoms with Crippen LogP contribution in [0.5, 0.6) is 11.6 Å². The maximum absolute atomic E-state index is 5.91. The van der Waals surface area contributed by atoms with Crippen molar-refractivity contribution in [2.24, 2.45) is 0 Å². The maximum Gasteiger partial charge on any atom is 0.222 e. The molecule has 0 amide bonds. The Labute approximate surface area is 124 Å². The molecule has 0 saturated carbocycles. The maximum atomic E-state index is 5.91. The summed E-state index contributed by atoms with van der Waals surface area (Å²) in [7, 11) is 0. The molecule has 4 heteroatoms. The van der Waals surface area contributed by atoms with Crippen LogP contribution in [-0.4, -0.2) is 4.98 Å². The number of rotatable bonds is 2. The fourth-order valence-electron chi connectivity index (χ4n) is 1.99. The molecule has 0 aliphatic rings. The molecule has 0 fully saturated rings. The van der Waals surface area contributed by atoms with Crippen molar-refractivity contribution in [3.8, 4) is 11.6 Å². The van der Waals surface area contributed by atoms with Crippen molar-refractivity contribution in [3.63, 3.8) is 0 Å². The summed E-state index contributed by atoms with van der Waals surface area (Å²) in [6, 6.07) is 9.42. The number of ether oxygens (including phenoxy) is 1. The van der Waals surface area contributed by atoms with Crippen molar-refractivity contribution in [3.05, 3.63) is 46.6 Å². The quantitative estimate of drug-likeness (QED) is 0.814. The minimum atomic E-state index is -0.0207. The summed E-state index contributed by atoms with van der Waals surface area (Å²) >= 11 is 5.91. The average molecular weight is 291 g/mol. The zero-order chi connectivity index (χ0) is 14.9. The number of pyridine rings is 1. The van der Waals surface area contributed by atoms with Crippen molar-refractivity contribution in [1.29, 1.82) is 0 Å². The SMILES string of the molecule is Cc1ccc(C(C)(C)C)c(Oc2cc(N)cc(Cl)n2)c1. The van der Waals surface area contributed by atoms with Gasteiger partial charge in [0.1, 0.15) is 10.9 Å². The minimum Gasteiger partial charge on any atom is -0.439 e. The van der Waals surface area contributed by atoms with E-state index in [2.05, 4.69) is 37.9 Å². The van der Waals surface area contributed by atoms with E-state index in [0.717, 1.165) is 16.9 Å². The lowest BCUT2D eigenvalue weighted by atomic mass is 9.86. The zero-order valence-corrected chi connectivity index (χ0v) is 13.0. The van der Waals surface area contributed by atoms with Crippen LogP contribution < -0.4 is 10.5 Å². The fraction of sp³-hybridized carbons (Fsp3) is 0.312. The van der Waals surface area contributed by atoms with E-state index in [0.29, 0.717) is 16.7 Å². The highest BCUT2D eigenvalue weighted by atomic mass is 35.5. The summed E-state index contributed by atoms with van der Waals surface area (Å²) in [4.78, 5) is 4.15. The van der Waals surface area contributed by atoms with Crippen LogP contribution in [0, 0.1) is 6.92 Å². The molecule has 0 spiro atoms. The van der Waals surface area contributed by atoms with Gasteiger partial charge in [0, 0.05) is 17.3 Å². The van der Waals surface area contributed by atoms with Crippen molar-refractivity contribution in [2.45, 2.75) is 33.1 Å². The average Bonchev–Trinajstić information content (AvgIpc) is 2.25. The number of nitrogens with two attached hydrogens (primary N) is 1. The molecule has 2 aromatic rings. The first kappa shape index (κ1) is 14.7. The third kappa shape index (κ3) is 3.42. The Morgan fingerprint density at radius 2 is 1.85 bits per heavy atom. The Balaban J connectivity index is 2.44. The monoisotopic (exact) mass is 290 g/mol. The van der Waals surface area contributed by atoms with E-state index < -0.39 is 0 Å². The van der Waals surface area contributed by atoms with E-state index >= 15 is 0 Å². The third-order valence-electron chi connectivity index (χ3n) is 2.95. The molecule has 106 valence electrons. The van der Waals surface area contributed by atoms with Gasteiger partial charge in [-0.2, -0.15) is 0 Å². The first-order chi connectivity index (χ1) is 9.25. The zero-order valence-electron chi connectivity index (χ0n) is 12.2. The van der Waals surface area contributed by atoms with E-state index in [1.807, 2.05) is 13.0 Å². The van der Waals surface area contributed by atoms with Crippen molar-refractivity contribution in [1.82, 2.24) is 4.98 Å². The van der Waals surface area contributed by atoms with Gasteiger partial charge in [0.2, 0.25) is 5.88 Å². The number of hydrogen-bond acceptors (Lipinski definition) is 3. The number of benzene rings is 1. The van der Waals surface area contributed by atoms with Crippen LogP contribution in [0.15, 0.2) is 30.3 Å². The molecule has 0 bridgehead atoms. The summed E-state index contributed by atoms with van der Waals surface area (Å²) in [6.07, 6.45) is 0. The molecule has 1 aromatic carbocycles. The van der Waals surface area contributed by atoms with Gasteiger partial charge in [0.05, 0.1) is 0 Å². The second-order valence-corrected chi connectivity index (χ2v) is 6.30. The number of halogens is 1. The molecular formula is C16H19ClN2O. The predicted octanol–water partition coefficient (Wildman–Crippen LogP) is 4.72. The predicted molar refractivity (Wildman–Crippen MR) is 83.6 cm³/mol. The standard InChI is InChI=1S/C16H19ClN2O/c1-10-5-6-12(16(2,3)4)13(7-10)20-15-9-11(18)8-14(17)19-15/h5-9H,1-4H3,(H2,18,19). The topological polar surface area (TPSA) is 48.1 Å². The van der Waals surface area contributed by atoms with Crippen LogP contribution >= 0.6 is 11.6 Å². The third-order valence-corrected chi connectivity index (χ3v) is 3.15. The van der Waals surface area contributed by atoms with Crippen LogP contribution in [0.25, 0.3) is 0 Å². The largest absolute Gasteiger partial charge is 0.439 e. The van der Waals surface area contributed by atoms with Gasteiger partial charge in [-0.3, -0.25) is 0 Å². The van der Waals surface area contributed by atoms with E-state index in [4.69, 9.17) is 22.1 Å². The highest BCUT2D eigenvalue weighted by Gasteiger charge is 2.19. The number of nitrogen functional groups attached to an aromatic ring is 1. The Morgan fingerprint density at radius 3 is 2.45 bits per heavy atom. The summed E-state index contributed by atoms with van der Waals surface area (Å²) < 4.78 is 5.90. The smallest absolute Gasteiger partial charge is 0.222 e. The molecule has 2 N–H and O–H groups in total. The van der Waals surface area contributed by atoms with E-state index in [1.54, 1.807) is 12.1 Å². The van der Waals surface area contributed by atoms with Gasteiger partial charge >= 0.3 is 0 Å². The van der Waals surface area contributed by atoms with Crippen LogP contribution in [0.1, 0.15) is 31.9 Å². The molecule has 0 saturated heterocycles. The first-order valence-corrected chi connectivity index (χ1v) is 6.85. The van der Waals surface area contributed by atoms with Crippen LogP contribution in [0.4, 0.5) is 5.69 Å². The highest BCUT2D eigenvalue weighted by Crippen LogP contribution is 2.35. The van der Waals surface area contributed by atoms with E-state index in [1.165, 1.54) is 0 Å². The number of hydrogen-bond donors (Lipinski definition) is 1. The highest BCUT2D eigenvalue weighted by molar-refractivity contribution is 6.29.